The number of benzene rings is 1. The summed E-state index contributed by atoms with van der Waals surface area (Å²) in [5, 5.41) is 5.10. The molecule has 100 valence electrons. The van der Waals surface area contributed by atoms with Crippen LogP contribution in [0.3, 0.4) is 0 Å². The average Bonchev–Trinajstić information content (AvgIpc) is 3.20. The first-order valence-electron chi connectivity index (χ1n) is 6.04. The lowest BCUT2D eigenvalue weighted by Crippen LogP contribution is -2.34. The average molecular weight is 261 g/mol. The van der Waals surface area contributed by atoms with Gasteiger partial charge >= 0.3 is 0 Å². The highest BCUT2D eigenvalue weighted by atomic mass is 16.2. The summed E-state index contributed by atoms with van der Waals surface area (Å²) in [6.45, 7) is -0.109. The maximum atomic E-state index is 11.7. The number of amides is 3. The van der Waals surface area contributed by atoms with Gasteiger partial charge in [-0.15, -0.1) is 0 Å². The molecule has 1 aromatic rings. The molecule has 0 atom stereocenters. The molecule has 0 bridgehead atoms. The second-order valence-electron chi connectivity index (χ2n) is 4.45. The van der Waals surface area contributed by atoms with E-state index in [1.165, 1.54) is 6.07 Å². The van der Waals surface area contributed by atoms with Gasteiger partial charge in [0.05, 0.1) is 17.8 Å². The lowest BCUT2D eigenvalue weighted by Gasteiger charge is -2.09. The highest BCUT2D eigenvalue weighted by molar-refractivity contribution is 6.03. The molecule has 0 aromatic heterocycles. The third-order valence-electron chi connectivity index (χ3n) is 2.84. The molecular weight excluding hydrogens is 246 g/mol. The number of carbonyl (C=O) groups excluding carboxylic acids is 3. The summed E-state index contributed by atoms with van der Waals surface area (Å²) in [4.78, 5) is 34.2. The molecule has 3 amide bonds. The zero-order chi connectivity index (χ0) is 13.8. The molecule has 19 heavy (non-hydrogen) atoms. The van der Waals surface area contributed by atoms with Crippen LogP contribution in [0.4, 0.5) is 5.69 Å². The van der Waals surface area contributed by atoms with E-state index in [1.807, 2.05) is 0 Å². The van der Waals surface area contributed by atoms with Gasteiger partial charge in [-0.3, -0.25) is 14.4 Å². The summed E-state index contributed by atoms with van der Waals surface area (Å²) >= 11 is 0. The molecule has 1 aliphatic carbocycles. The summed E-state index contributed by atoms with van der Waals surface area (Å²) in [7, 11) is 0. The Kier molecular flexibility index (Phi) is 3.79. The molecule has 1 aliphatic rings. The Morgan fingerprint density at radius 3 is 2.53 bits per heavy atom. The smallest absolute Gasteiger partial charge is 0.250 e. The fourth-order valence-electron chi connectivity index (χ4n) is 1.66. The van der Waals surface area contributed by atoms with Crippen LogP contribution in [0, 0.1) is 5.92 Å². The first-order valence-corrected chi connectivity index (χ1v) is 6.04. The number of primary amides is 1. The van der Waals surface area contributed by atoms with Gasteiger partial charge in [0.1, 0.15) is 0 Å². The first-order chi connectivity index (χ1) is 9.08. The van der Waals surface area contributed by atoms with Crippen molar-refractivity contribution in [3.63, 3.8) is 0 Å². The van der Waals surface area contributed by atoms with Gasteiger partial charge in [-0.2, -0.15) is 0 Å². The highest BCUT2D eigenvalue weighted by Crippen LogP contribution is 2.28. The van der Waals surface area contributed by atoms with Crippen LogP contribution in [-0.2, 0) is 9.59 Å². The van der Waals surface area contributed by atoms with E-state index >= 15 is 0 Å². The SMILES string of the molecule is NC(=O)c1ccccc1NC(=O)CNC(=O)C1CC1. The molecule has 1 saturated carbocycles. The minimum Gasteiger partial charge on any atom is -0.366 e. The van der Waals surface area contributed by atoms with E-state index in [9.17, 15) is 14.4 Å². The predicted octanol–water partition coefficient (Wildman–Crippen LogP) is 0.250. The van der Waals surface area contributed by atoms with Crippen LogP contribution < -0.4 is 16.4 Å². The minimum absolute atomic E-state index is 0.0608. The van der Waals surface area contributed by atoms with Crippen LogP contribution in [0.25, 0.3) is 0 Å². The monoisotopic (exact) mass is 261 g/mol. The minimum atomic E-state index is -0.613. The van der Waals surface area contributed by atoms with Gasteiger partial charge in [0.2, 0.25) is 11.8 Å². The van der Waals surface area contributed by atoms with E-state index in [1.54, 1.807) is 18.2 Å². The lowest BCUT2D eigenvalue weighted by atomic mass is 10.1. The van der Waals surface area contributed by atoms with Crippen LogP contribution in [-0.4, -0.2) is 24.3 Å². The fraction of sp³-hybridized carbons (Fsp3) is 0.308. The topological polar surface area (TPSA) is 101 Å². The van der Waals surface area contributed by atoms with Crippen LogP contribution in [0.2, 0.25) is 0 Å². The van der Waals surface area contributed by atoms with Gasteiger partial charge in [-0.05, 0) is 25.0 Å². The van der Waals surface area contributed by atoms with Crippen molar-refractivity contribution >= 4 is 23.4 Å². The van der Waals surface area contributed by atoms with Crippen LogP contribution in [0.1, 0.15) is 23.2 Å². The molecule has 1 fully saturated rings. The second kappa shape index (κ2) is 5.51. The quantitative estimate of drug-likeness (QED) is 0.708. The zero-order valence-electron chi connectivity index (χ0n) is 10.3. The standard InChI is InChI=1S/C13H15N3O3/c14-12(18)9-3-1-2-4-10(9)16-11(17)7-15-13(19)8-5-6-8/h1-4,8H,5-7H2,(H2,14,18)(H,15,19)(H,16,17). The largest absolute Gasteiger partial charge is 0.366 e. The van der Waals surface area contributed by atoms with Crippen molar-refractivity contribution in [1.29, 1.82) is 0 Å². The Balaban J connectivity index is 1.91. The normalized spacial score (nSPS) is 13.7. The molecular formula is C13H15N3O3. The number of nitrogens with one attached hydrogen (secondary N) is 2. The van der Waals surface area contributed by atoms with E-state index in [4.69, 9.17) is 5.73 Å². The third kappa shape index (κ3) is 3.54. The van der Waals surface area contributed by atoms with Crippen LogP contribution >= 0.6 is 0 Å². The predicted molar refractivity (Wildman–Crippen MR) is 69.3 cm³/mol. The molecule has 2 rings (SSSR count). The molecule has 6 nitrogen and oxygen atoms in total. The zero-order valence-corrected chi connectivity index (χ0v) is 10.3. The Morgan fingerprint density at radius 2 is 1.89 bits per heavy atom. The molecule has 1 aromatic carbocycles. The maximum absolute atomic E-state index is 11.7. The van der Waals surface area contributed by atoms with E-state index in [0.29, 0.717) is 5.69 Å². The van der Waals surface area contributed by atoms with Crippen molar-refractivity contribution in [2.45, 2.75) is 12.8 Å². The second-order valence-corrected chi connectivity index (χ2v) is 4.45. The summed E-state index contributed by atoms with van der Waals surface area (Å²) in [6.07, 6.45) is 1.77. The van der Waals surface area contributed by atoms with Gasteiger partial charge in [-0.25, -0.2) is 0 Å². The summed E-state index contributed by atoms with van der Waals surface area (Å²) in [5.74, 6) is -1.04. The van der Waals surface area contributed by atoms with Crippen LogP contribution in [0.5, 0.6) is 0 Å². The van der Waals surface area contributed by atoms with E-state index in [2.05, 4.69) is 10.6 Å². The molecule has 0 radical (unpaired) electrons. The van der Waals surface area contributed by atoms with E-state index in [0.717, 1.165) is 12.8 Å². The van der Waals surface area contributed by atoms with Crippen molar-refractivity contribution in [3.8, 4) is 0 Å². The number of rotatable bonds is 5. The number of hydrogen-bond acceptors (Lipinski definition) is 3. The van der Waals surface area contributed by atoms with Crippen molar-refractivity contribution < 1.29 is 14.4 Å². The van der Waals surface area contributed by atoms with Gasteiger partial charge in [-0.1, -0.05) is 12.1 Å². The molecule has 0 saturated heterocycles. The van der Waals surface area contributed by atoms with Crippen molar-refractivity contribution in [2.75, 3.05) is 11.9 Å². The Hall–Kier alpha value is -2.37. The van der Waals surface area contributed by atoms with E-state index in [-0.39, 0.29) is 29.8 Å². The number of hydrogen-bond donors (Lipinski definition) is 3. The summed E-state index contributed by atoms with van der Waals surface area (Å²) < 4.78 is 0. The Bertz CT molecular complexity index is 524. The van der Waals surface area contributed by atoms with E-state index < -0.39 is 5.91 Å². The lowest BCUT2D eigenvalue weighted by molar-refractivity contribution is -0.125. The molecule has 0 heterocycles. The highest BCUT2D eigenvalue weighted by Gasteiger charge is 2.29. The maximum Gasteiger partial charge on any atom is 0.250 e. The van der Waals surface area contributed by atoms with Crippen molar-refractivity contribution in [3.05, 3.63) is 29.8 Å². The number of anilines is 1. The van der Waals surface area contributed by atoms with Crippen molar-refractivity contribution in [1.82, 2.24) is 5.32 Å². The number of para-hydroxylation sites is 1. The van der Waals surface area contributed by atoms with Gasteiger partial charge in [0, 0.05) is 5.92 Å². The van der Waals surface area contributed by atoms with Gasteiger partial charge < -0.3 is 16.4 Å². The third-order valence-corrected chi connectivity index (χ3v) is 2.84. The molecule has 6 heteroatoms. The Labute approximate surface area is 110 Å². The summed E-state index contributed by atoms with van der Waals surface area (Å²) in [6, 6.07) is 6.46. The van der Waals surface area contributed by atoms with Crippen LogP contribution in [0.15, 0.2) is 24.3 Å². The Morgan fingerprint density at radius 1 is 1.21 bits per heavy atom. The summed E-state index contributed by atoms with van der Waals surface area (Å²) in [5.41, 5.74) is 5.79. The van der Waals surface area contributed by atoms with Gasteiger partial charge in [0.25, 0.3) is 5.91 Å². The van der Waals surface area contributed by atoms with Gasteiger partial charge in [0.15, 0.2) is 0 Å². The molecule has 0 aliphatic heterocycles. The number of nitrogens with two attached hydrogens (primary N) is 1. The van der Waals surface area contributed by atoms with Crippen molar-refractivity contribution in [2.24, 2.45) is 11.7 Å². The molecule has 4 N–H and O–H groups in total. The first kappa shape index (κ1) is 13.1. The fourth-order valence-corrected chi connectivity index (χ4v) is 1.66. The number of carbonyl (C=O) groups is 3. The molecule has 0 unspecified atom stereocenters. The molecule has 0 spiro atoms.